The van der Waals surface area contributed by atoms with Crippen LogP contribution in [-0.2, 0) is 0 Å². The minimum atomic E-state index is 0.271. The lowest BCUT2D eigenvalue weighted by molar-refractivity contribution is 0.387. The van der Waals surface area contributed by atoms with E-state index in [4.69, 9.17) is 5.53 Å². The van der Waals surface area contributed by atoms with Gasteiger partial charge in [0.1, 0.15) is 0 Å². The fraction of sp³-hybridized carbons (Fsp3) is 0.250. The van der Waals surface area contributed by atoms with Crippen molar-refractivity contribution in [3.63, 3.8) is 0 Å². The summed E-state index contributed by atoms with van der Waals surface area (Å²) in [7, 11) is 0. The normalized spacial score (nSPS) is 13.2. The first-order valence-corrected chi connectivity index (χ1v) is 3.62. The Bertz CT molecular complexity index is 281. The summed E-state index contributed by atoms with van der Waals surface area (Å²) in [4.78, 5) is 2.59. The molecule has 1 aliphatic rings. The molecule has 0 aliphatic heterocycles. The number of nitrogens with zero attached hydrogens (tertiary/aromatic N) is 3. The van der Waals surface area contributed by atoms with Crippen LogP contribution in [0.15, 0.2) is 40.8 Å². The van der Waals surface area contributed by atoms with Gasteiger partial charge in [-0.25, -0.2) is 0 Å². The molecule has 0 heterocycles. The highest BCUT2D eigenvalue weighted by atomic mass is 16.3. The highest BCUT2D eigenvalue weighted by molar-refractivity contribution is 5.41. The first-order valence-electron chi connectivity index (χ1n) is 3.62. The molecule has 0 saturated heterocycles. The minimum Gasteiger partial charge on any atom is -0.512 e. The minimum absolute atomic E-state index is 0.271. The molecule has 4 nitrogen and oxygen atoms in total. The van der Waals surface area contributed by atoms with E-state index in [1.165, 1.54) is 0 Å². The van der Waals surface area contributed by atoms with E-state index in [0.29, 0.717) is 13.0 Å². The summed E-state index contributed by atoms with van der Waals surface area (Å²) in [6.07, 6.45) is 7.71. The van der Waals surface area contributed by atoms with Crippen molar-refractivity contribution in [2.24, 2.45) is 5.11 Å². The van der Waals surface area contributed by atoms with Crippen LogP contribution >= 0.6 is 0 Å². The van der Waals surface area contributed by atoms with Gasteiger partial charge in [-0.1, -0.05) is 29.4 Å². The van der Waals surface area contributed by atoms with Gasteiger partial charge in [0.2, 0.25) is 0 Å². The van der Waals surface area contributed by atoms with E-state index in [1.807, 2.05) is 24.3 Å². The molecule has 0 saturated carbocycles. The van der Waals surface area contributed by atoms with Gasteiger partial charge in [0.05, 0.1) is 5.76 Å². The van der Waals surface area contributed by atoms with Crippen LogP contribution in [0.1, 0.15) is 6.42 Å². The molecule has 0 atom stereocenters. The second kappa shape index (κ2) is 4.26. The van der Waals surface area contributed by atoms with E-state index in [2.05, 4.69) is 10.0 Å². The number of aliphatic hydroxyl groups is 1. The Balaban J connectivity index is 2.52. The number of hydrogen-bond acceptors (Lipinski definition) is 2. The molecule has 62 valence electrons. The predicted octanol–water partition coefficient (Wildman–Crippen LogP) is 2.62. The molecule has 0 aromatic heterocycles. The molecule has 0 aromatic rings. The molecule has 0 radical (unpaired) electrons. The maximum Gasteiger partial charge on any atom is 0.0996 e. The van der Waals surface area contributed by atoms with Crippen LogP contribution in [0.3, 0.4) is 0 Å². The van der Waals surface area contributed by atoms with Crippen LogP contribution in [0.25, 0.3) is 10.4 Å². The van der Waals surface area contributed by atoms with Gasteiger partial charge in [-0.2, -0.15) is 0 Å². The van der Waals surface area contributed by atoms with Gasteiger partial charge in [0.15, 0.2) is 0 Å². The molecule has 0 fully saturated rings. The Kier molecular flexibility index (Phi) is 2.99. The fourth-order valence-corrected chi connectivity index (χ4v) is 0.911. The Morgan fingerprint density at radius 2 is 2.17 bits per heavy atom. The van der Waals surface area contributed by atoms with E-state index in [1.54, 1.807) is 0 Å². The van der Waals surface area contributed by atoms with Gasteiger partial charge in [0, 0.05) is 23.5 Å². The molecule has 4 heteroatoms. The molecule has 1 rings (SSSR count). The Morgan fingerprint density at radius 1 is 1.50 bits per heavy atom. The van der Waals surface area contributed by atoms with Gasteiger partial charge < -0.3 is 5.11 Å². The Morgan fingerprint density at radius 3 is 2.75 bits per heavy atom. The second-order valence-electron chi connectivity index (χ2n) is 2.32. The molecule has 12 heavy (non-hydrogen) atoms. The molecule has 0 spiro atoms. The van der Waals surface area contributed by atoms with Crippen molar-refractivity contribution in [1.29, 1.82) is 0 Å². The summed E-state index contributed by atoms with van der Waals surface area (Å²) < 4.78 is 0. The molecule has 0 aromatic carbocycles. The lowest BCUT2D eigenvalue weighted by Crippen LogP contribution is -1.88. The summed E-state index contributed by atoms with van der Waals surface area (Å²) in [5.41, 5.74) is 8.77. The highest BCUT2D eigenvalue weighted by Crippen LogP contribution is 2.13. The Labute approximate surface area is 70.1 Å². The van der Waals surface area contributed by atoms with Crippen LogP contribution in [0.5, 0.6) is 0 Å². The Hall–Kier alpha value is -1.67. The molecule has 1 N–H and O–H groups in total. The SMILES string of the molecule is [N-]=[N+]=NCCC(O)=C1C=CC=C1. The van der Waals surface area contributed by atoms with Gasteiger partial charge in [-0.3, -0.25) is 0 Å². The maximum atomic E-state index is 9.37. The van der Waals surface area contributed by atoms with Crippen molar-refractivity contribution in [3.8, 4) is 0 Å². The third-order valence-corrected chi connectivity index (χ3v) is 1.51. The lowest BCUT2D eigenvalue weighted by atomic mass is 10.2. The fourth-order valence-electron chi connectivity index (χ4n) is 0.911. The molecule has 0 bridgehead atoms. The average Bonchev–Trinajstić information content (AvgIpc) is 2.56. The quantitative estimate of drug-likeness (QED) is 0.295. The number of rotatable bonds is 3. The van der Waals surface area contributed by atoms with Gasteiger partial charge >= 0.3 is 0 Å². The van der Waals surface area contributed by atoms with Crippen molar-refractivity contribution in [3.05, 3.63) is 46.1 Å². The zero-order valence-corrected chi connectivity index (χ0v) is 6.51. The van der Waals surface area contributed by atoms with Gasteiger partial charge in [-0.05, 0) is 5.53 Å². The van der Waals surface area contributed by atoms with Crippen molar-refractivity contribution < 1.29 is 5.11 Å². The third-order valence-electron chi connectivity index (χ3n) is 1.51. The van der Waals surface area contributed by atoms with E-state index in [0.717, 1.165) is 5.57 Å². The monoisotopic (exact) mass is 163 g/mol. The zero-order valence-electron chi connectivity index (χ0n) is 6.51. The first-order chi connectivity index (χ1) is 5.84. The topological polar surface area (TPSA) is 69.0 Å². The van der Waals surface area contributed by atoms with Crippen molar-refractivity contribution in [2.75, 3.05) is 6.54 Å². The predicted molar refractivity (Wildman–Crippen MR) is 46.6 cm³/mol. The van der Waals surface area contributed by atoms with Crippen molar-refractivity contribution in [2.45, 2.75) is 6.42 Å². The average molecular weight is 163 g/mol. The van der Waals surface area contributed by atoms with E-state index >= 15 is 0 Å². The molecular formula is C8H9N3O. The van der Waals surface area contributed by atoms with Crippen LogP contribution in [0.4, 0.5) is 0 Å². The smallest absolute Gasteiger partial charge is 0.0996 e. The van der Waals surface area contributed by atoms with E-state index < -0.39 is 0 Å². The second-order valence-corrected chi connectivity index (χ2v) is 2.32. The number of aliphatic hydroxyl groups excluding tert-OH is 1. The standard InChI is InChI=1S/C8H9N3O/c9-11-10-6-5-8(12)7-3-1-2-4-7/h1-4,12H,5-6H2. The summed E-state index contributed by atoms with van der Waals surface area (Å²) in [6.45, 7) is 0.299. The van der Waals surface area contributed by atoms with Crippen molar-refractivity contribution in [1.82, 2.24) is 0 Å². The van der Waals surface area contributed by atoms with Gasteiger partial charge in [0.25, 0.3) is 0 Å². The van der Waals surface area contributed by atoms with Crippen LogP contribution < -0.4 is 0 Å². The number of azide groups is 1. The first kappa shape index (κ1) is 8.43. The van der Waals surface area contributed by atoms with Crippen molar-refractivity contribution >= 4 is 0 Å². The highest BCUT2D eigenvalue weighted by Gasteiger charge is 2.00. The lowest BCUT2D eigenvalue weighted by Gasteiger charge is -1.97. The zero-order chi connectivity index (χ0) is 8.81. The van der Waals surface area contributed by atoms with Crippen LogP contribution in [0.2, 0.25) is 0 Å². The largest absolute Gasteiger partial charge is 0.512 e. The summed E-state index contributed by atoms with van der Waals surface area (Å²) in [6, 6.07) is 0. The van der Waals surface area contributed by atoms with Crippen LogP contribution in [0, 0.1) is 0 Å². The third kappa shape index (κ3) is 2.18. The maximum absolute atomic E-state index is 9.37. The van der Waals surface area contributed by atoms with Crippen LogP contribution in [-0.4, -0.2) is 11.7 Å². The number of allylic oxidation sites excluding steroid dienone is 5. The molecule has 0 unspecified atom stereocenters. The molecule has 1 aliphatic carbocycles. The summed E-state index contributed by atoms with van der Waals surface area (Å²) in [5.74, 6) is 0.271. The molecular weight excluding hydrogens is 154 g/mol. The summed E-state index contributed by atoms with van der Waals surface area (Å²) >= 11 is 0. The van der Waals surface area contributed by atoms with E-state index in [-0.39, 0.29) is 5.76 Å². The number of hydrogen-bond donors (Lipinski definition) is 1. The van der Waals surface area contributed by atoms with E-state index in [9.17, 15) is 5.11 Å². The summed E-state index contributed by atoms with van der Waals surface area (Å²) in [5, 5.41) is 12.7. The van der Waals surface area contributed by atoms with Gasteiger partial charge in [-0.15, -0.1) is 0 Å². The molecule has 0 amide bonds.